The van der Waals surface area contributed by atoms with Gasteiger partial charge in [-0.3, -0.25) is 18.9 Å². The Labute approximate surface area is 554 Å². The second kappa shape index (κ2) is 32.2. The van der Waals surface area contributed by atoms with Crippen molar-refractivity contribution in [3.8, 4) is 23.5 Å². The number of ether oxygens (including phenoxy) is 5. The maximum atomic E-state index is 12.4. The summed E-state index contributed by atoms with van der Waals surface area (Å²) in [5.74, 6) is 0.824. The van der Waals surface area contributed by atoms with Crippen LogP contribution in [-0.4, -0.2) is 125 Å². The minimum absolute atomic E-state index is 0.00620. The van der Waals surface area contributed by atoms with Gasteiger partial charge in [0.25, 0.3) is 63.6 Å². The molecule has 0 spiro atoms. The van der Waals surface area contributed by atoms with Crippen LogP contribution in [0.1, 0.15) is 5.82 Å². The maximum absolute atomic E-state index is 12.4. The number of anilines is 4. The molecule has 0 unspecified atom stereocenters. The fourth-order valence-electron chi connectivity index (χ4n) is 5.56. The normalized spacial score (nSPS) is 11.4. The summed E-state index contributed by atoms with van der Waals surface area (Å²) in [6.07, 6.45) is 9.08. The van der Waals surface area contributed by atoms with Gasteiger partial charge in [-0.15, -0.1) is 45.3 Å². The average Bonchev–Trinajstić information content (AvgIpc) is 4.33. The Kier molecular flexibility index (Phi) is 26.4. The van der Waals surface area contributed by atoms with Gasteiger partial charge in [0.05, 0.1) is 68.5 Å². The van der Waals surface area contributed by atoms with Crippen molar-refractivity contribution in [2.45, 2.75) is 23.3 Å². The molecular formula is C42H36Br4Cl4N14O13S8. The molecule has 9 aromatic rings. The molecule has 0 radical (unpaired) electrons. The van der Waals surface area contributed by atoms with Gasteiger partial charge in [-0.25, -0.2) is 73.5 Å². The van der Waals surface area contributed by atoms with Crippen LogP contribution < -0.4 is 37.8 Å². The van der Waals surface area contributed by atoms with Crippen molar-refractivity contribution in [2.75, 3.05) is 60.0 Å². The minimum Gasteiger partial charge on any atom is -0.478 e. The van der Waals surface area contributed by atoms with Gasteiger partial charge in [0.2, 0.25) is 23.3 Å². The molecular weight excluding hydrogens is 1630 g/mol. The van der Waals surface area contributed by atoms with E-state index < -0.39 is 40.1 Å². The number of hydrogen-bond donors (Lipinski definition) is 5. The zero-order chi connectivity index (χ0) is 62.1. The summed E-state index contributed by atoms with van der Waals surface area (Å²) < 4.78 is 136. The van der Waals surface area contributed by atoms with Crippen LogP contribution in [0.3, 0.4) is 0 Å². The van der Waals surface area contributed by atoms with Gasteiger partial charge >= 0.3 is 0 Å². The Morgan fingerprint density at radius 1 is 0.471 bits per heavy atom. The molecule has 0 aliphatic heterocycles. The largest absolute Gasteiger partial charge is 0.478 e. The lowest BCUT2D eigenvalue weighted by molar-refractivity contribution is 0.144. The summed E-state index contributed by atoms with van der Waals surface area (Å²) >= 11 is 39.7. The van der Waals surface area contributed by atoms with Gasteiger partial charge in [-0.1, -0.05) is 46.4 Å². The standard InChI is InChI=1S/C13H11BrClN5O3S2.C11H11BrClN3O4S2.2C9H7BrClN3O3S2/c14-8-7-18-12(20-25(21,22)11-2-1-9(15)24-11)13(19-8)23-6-3-10-16-4-5-17-10;1-19-4-5-20-11-10(14-6-7(12)15-11)16-22(17,18)9-3-2-8(13)21-9;1-17-9-8(13-6(11)4-12-9)14-19(15,16)7-3-2-5(10)18-7;1-17-9-8(12-4-6(11)13-9)14-19(15,16)7-3-2-5(10)18-7/h1-2,4-5,7H,3,6H2,(H,16,17)(H,18,20);2-3,6H,4-5H2,1H3,(H,14,16);2-4H,1H3,(H,13,14);2-4H,1H3,(H,12,14). The van der Waals surface area contributed by atoms with Crippen molar-refractivity contribution >= 4 is 219 Å². The molecule has 0 saturated carbocycles. The van der Waals surface area contributed by atoms with Crippen LogP contribution in [-0.2, 0) is 51.3 Å². The third-order valence-electron chi connectivity index (χ3n) is 9.07. The van der Waals surface area contributed by atoms with E-state index in [1.54, 1.807) is 24.5 Å². The number of methoxy groups -OCH3 is 3. The molecule has 0 amide bonds. The number of imidazole rings is 1. The smallest absolute Gasteiger partial charge is 0.272 e. The number of nitrogens with zero attached hydrogens (tertiary/aromatic N) is 9. The maximum Gasteiger partial charge on any atom is 0.272 e. The second-order valence-electron chi connectivity index (χ2n) is 14.9. The number of rotatable bonds is 22. The second-order valence-corrected chi connectivity index (χ2v) is 33.3. The van der Waals surface area contributed by atoms with E-state index in [1.807, 2.05) is 0 Å². The van der Waals surface area contributed by atoms with Crippen LogP contribution in [0.2, 0.25) is 19.0 Å². The number of H-pyrrole nitrogens is 1. The SMILES string of the molecule is COCCOc1nc(Br)cnc1NS(=O)(=O)c1ccc(Cl)s1.COc1nc(Cl)cnc1NS(=O)(=O)c1ccc(Br)s1.COc1ncc(Cl)nc1NS(=O)(=O)c1ccc(Br)s1.O=S(=O)(Nc1ncc(Br)nc1OCCc1ncc[nH]1)c1ccc(Cl)s1. The molecule has 85 heavy (non-hydrogen) atoms. The molecule has 0 atom stereocenters. The fraction of sp³-hybridized carbons (Fsp3) is 0.167. The molecule has 0 saturated heterocycles. The molecule has 0 aliphatic carbocycles. The Balaban J connectivity index is 0.000000183. The summed E-state index contributed by atoms with van der Waals surface area (Å²) in [6.45, 7) is 0.792. The van der Waals surface area contributed by atoms with E-state index in [1.165, 1.54) is 82.5 Å². The third kappa shape index (κ3) is 21.4. The Hall–Kier alpha value is -4.43. The third-order valence-corrected chi connectivity index (χ3v) is 23.2. The van der Waals surface area contributed by atoms with Gasteiger partial charge in [-0.05, 0) is 112 Å². The van der Waals surface area contributed by atoms with E-state index in [2.05, 4.69) is 132 Å². The van der Waals surface area contributed by atoms with E-state index in [9.17, 15) is 33.7 Å². The molecule has 5 N–H and O–H groups in total. The van der Waals surface area contributed by atoms with Crippen LogP contribution >= 0.6 is 155 Å². The van der Waals surface area contributed by atoms with E-state index in [0.717, 1.165) is 51.2 Å². The first kappa shape index (κ1) is 69.7. The minimum atomic E-state index is -3.83. The lowest BCUT2D eigenvalue weighted by atomic mass is 10.4. The van der Waals surface area contributed by atoms with Crippen LogP contribution in [0.25, 0.3) is 0 Å². The zero-order valence-corrected chi connectivity index (χ0v) is 58.4. The fourth-order valence-corrected chi connectivity index (χ4v) is 17.4. The molecule has 0 aromatic carbocycles. The van der Waals surface area contributed by atoms with Gasteiger partial charge in [-0.2, -0.15) is 4.98 Å². The van der Waals surface area contributed by atoms with Crippen molar-refractivity contribution < 1.29 is 57.4 Å². The van der Waals surface area contributed by atoms with Crippen molar-refractivity contribution in [3.05, 3.63) is 127 Å². The molecule has 0 bridgehead atoms. The quantitative estimate of drug-likeness (QED) is 0.0393. The molecule has 456 valence electrons. The molecule has 27 nitrogen and oxygen atoms in total. The topological polar surface area (TPSA) is 363 Å². The highest BCUT2D eigenvalue weighted by Crippen LogP contribution is 2.34. The van der Waals surface area contributed by atoms with Gasteiger partial charge in [0.1, 0.15) is 43.6 Å². The van der Waals surface area contributed by atoms with Crippen molar-refractivity contribution in [1.29, 1.82) is 0 Å². The molecule has 9 rings (SSSR count). The summed E-state index contributed by atoms with van der Waals surface area (Å²) in [7, 11) is -10.9. The zero-order valence-electron chi connectivity index (χ0n) is 42.5. The number of aromatic nitrogens is 10. The Bertz CT molecular complexity index is 4180. The van der Waals surface area contributed by atoms with Crippen LogP contribution in [0.15, 0.2) is 119 Å². The number of nitrogens with one attached hydrogen (secondary N) is 5. The predicted octanol–water partition coefficient (Wildman–Crippen LogP) is 11.4. The van der Waals surface area contributed by atoms with E-state index >= 15 is 0 Å². The summed E-state index contributed by atoms with van der Waals surface area (Å²) in [5.41, 5.74) is 0. The summed E-state index contributed by atoms with van der Waals surface area (Å²) in [4.78, 5) is 38.6. The lowest BCUT2D eigenvalue weighted by Crippen LogP contribution is -2.15. The monoisotopic (exact) mass is 1660 g/mol. The summed E-state index contributed by atoms with van der Waals surface area (Å²) in [5, 5.41) is 0.171. The molecule has 0 aliphatic rings. The number of hydrogen-bond acceptors (Lipinski definition) is 26. The van der Waals surface area contributed by atoms with Crippen LogP contribution in [0.5, 0.6) is 23.5 Å². The van der Waals surface area contributed by atoms with Crippen molar-refractivity contribution in [1.82, 2.24) is 49.8 Å². The Morgan fingerprint density at radius 3 is 1.32 bits per heavy atom. The molecule has 9 aromatic heterocycles. The van der Waals surface area contributed by atoms with Gasteiger partial charge < -0.3 is 28.7 Å². The van der Waals surface area contributed by atoms with Crippen LogP contribution in [0.4, 0.5) is 23.3 Å². The Morgan fingerprint density at radius 2 is 0.894 bits per heavy atom. The van der Waals surface area contributed by atoms with Crippen LogP contribution in [0, 0.1) is 0 Å². The summed E-state index contributed by atoms with van der Waals surface area (Å²) in [6, 6.07) is 12.1. The highest BCUT2D eigenvalue weighted by molar-refractivity contribution is 9.11. The number of aromatic amines is 1. The lowest BCUT2D eigenvalue weighted by Gasteiger charge is -2.11. The number of thiophene rings is 4. The molecule has 0 fully saturated rings. The first-order valence-electron chi connectivity index (χ1n) is 22.2. The van der Waals surface area contributed by atoms with Crippen molar-refractivity contribution in [2.24, 2.45) is 0 Å². The highest BCUT2D eigenvalue weighted by atomic mass is 79.9. The van der Waals surface area contributed by atoms with Gasteiger partial charge in [0, 0.05) is 25.9 Å². The first-order valence-corrected chi connectivity index (χ1v) is 36.1. The molecule has 9 heterocycles. The van der Waals surface area contributed by atoms with E-state index in [4.69, 9.17) is 70.1 Å². The van der Waals surface area contributed by atoms with E-state index in [-0.39, 0.29) is 87.1 Å². The highest BCUT2D eigenvalue weighted by Gasteiger charge is 2.25. The molecule has 43 heteroatoms. The number of halogens is 8. The van der Waals surface area contributed by atoms with Crippen molar-refractivity contribution in [3.63, 3.8) is 0 Å². The number of sulfonamides is 4. The predicted molar refractivity (Wildman–Crippen MR) is 338 cm³/mol. The average molecular weight is 1660 g/mol. The van der Waals surface area contributed by atoms with E-state index in [0.29, 0.717) is 38.5 Å². The van der Waals surface area contributed by atoms with Gasteiger partial charge in [0.15, 0.2) is 5.15 Å². The first-order chi connectivity index (χ1) is 40.2.